The summed E-state index contributed by atoms with van der Waals surface area (Å²) in [5.41, 5.74) is 11.5. The van der Waals surface area contributed by atoms with Crippen LogP contribution in [-0.2, 0) is 26.9 Å². The van der Waals surface area contributed by atoms with Gasteiger partial charge in [-0.15, -0.1) is 58.8 Å². The van der Waals surface area contributed by atoms with Crippen LogP contribution in [-0.4, -0.2) is 132 Å². The molecule has 4 heterocycles. The van der Waals surface area contributed by atoms with Crippen molar-refractivity contribution in [1.82, 2.24) is 40.2 Å². The Hall–Kier alpha value is -7.76. The Morgan fingerprint density at radius 3 is 1.60 bits per heavy atom. The largest absolute Gasteiger partial charge is 0.504 e. The zero-order chi connectivity index (χ0) is 64.5. The number of ether oxygens (including phenoxy) is 3. The van der Waals surface area contributed by atoms with Crippen LogP contribution in [0.3, 0.4) is 0 Å². The molecule has 4 aliphatic carbocycles. The lowest BCUT2D eigenvalue weighted by Crippen LogP contribution is -2.15. The highest BCUT2D eigenvalue weighted by atomic mass is 35.5. The van der Waals surface area contributed by atoms with Gasteiger partial charge in [-0.3, -0.25) is 9.18 Å². The van der Waals surface area contributed by atoms with Gasteiger partial charge in [-0.05, 0) is 99.4 Å². The van der Waals surface area contributed by atoms with Crippen LogP contribution in [0.5, 0.6) is 23.0 Å². The lowest BCUT2D eigenvalue weighted by Gasteiger charge is -2.12. The summed E-state index contributed by atoms with van der Waals surface area (Å²) in [5.74, 6) is 11.8. The van der Waals surface area contributed by atoms with E-state index >= 15 is 0 Å². The van der Waals surface area contributed by atoms with Crippen molar-refractivity contribution in [3.05, 3.63) is 84.4 Å². The summed E-state index contributed by atoms with van der Waals surface area (Å²) in [5, 5.41) is 56.8. The SMILES string of the molecule is CNc1ccnc(Nc2ccc(OC)c(O)c2)n1.CNc1ccnc(Nc2ccc(OC)c(OCc3noc(C4CC4)n3)c2)n1.Cl.ClCc1noc(C2CC2)n1.N#CCCl.N/C(CCl)=N/O.N/C(CCl)=N\OC(=O)C1CC1.NO.O=C(Cl)C1CC1.[2H]CF. The summed E-state index contributed by atoms with van der Waals surface area (Å²) in [6.07, 6.45) is 11.7. The molecule has 0 bridgehead atoms. The number of aromatic nitrogens is 8. The normalized spacial score (nSPS) is 13.3. The van der Waals surface area contributed by atoms with Gasteiger partial charge in [-0.1, -0.05) is 20.6 Å². The first-order valence-corrected chi connectivity index (χ1v) is 27.9. The Bertz CT molecular complexity index is 3050. The molecule has 0 spiro atoms. The molecule has 0 amide bonds. The predicted molar refractivity (Wildman–Crippen MR) is 329 cm³/mol. The summed E-state index contributed by atoms with van der Waals surface area (Å²) in [7, 11) is 5.68. The second-order valence-corrected chi connectivity index (χ2v) is 18.5. The molecule has 0 aliphatic heterocycles. The molecule has 478 valence electrons. The quantitative estimate of drug-likeness (QED) is 0.00686. The minimum absolute atomic E-state index is 0. The highest BCUT2D eigenvalue weighted by molar-refractivity contribution is 6.64. The smallest absolute Gasteiger partial charge is 0.338 e. The first-order valence-electron chi connectivity index (χ1n) is 26.1. The number of nitrogens with two attached hydrogens (primary N) is 3. The van der Waals surface area contributed by atoms with Crippen LogP contribution in [0.4, 0.5) is 39.3 Å². The number of benzene rings is 2. The zero-order valence-corrected chi connectivity index (χ0v) is 52.0. The number of carbonyl (C=O) groups is 2. The van der Waals surface area contributed by atoms with Crippen molar-refractivity contribution in [2.45, 2.75) is 75.7 Å². The zero-order valence-electron chi connectivity index (χ0n) is 48.4. The number of rotatable bonds is 19. The van der Waals surface area contributed by atoms with Gasteiger partial charge in [-0.25, -0.2) is 20.7 Å². The van der Waals surface area contributed by atoms with Crippen molar-refractivity contribution in [2.75, 3.05) is 74.4 Å². The Labute approximate surface area is 533 Å². The molecule has 36 heteroatoms. The summed E-state index contributed by atoms with van der Waals surface area (Å²) in [4.78, 5) is 50.5. The van der Waals surface area contributed by atoms with Crippen LogP contribution < -0.4 is 52.8 Å². The first kappa shape index (κ1) is 75.3. The van der Waals surface area contributed by atoms with Crippen molar-refractivity contribution >= 4 is 128 Å². The van der Waals surface area contributed by atoms with Gasteiger partial charge in [0.05, 0.1) is 52.4 Å². The average Bonchev–Trinajstić information content (AvgIpc) is 4.27. The summed E-state index contributed by atoms with van der Waals surface area (Å²) >= 11 is 25.7. The Balaban J connectivity index is 0.000000551. The molecule has 0 radical (unpaired) electrons. The number of alkyl halides is 5. The fourth-order valence-corrected chi connectivity index (χ4v) is 6.08. The maximum Gasteiger partial charge on any atom is 0.338 e. The molecule has 0 unspecified atom stereocenters. The number of aromatic hydroxyl groups is 1. The van der Waals surface area contributed by atoms with E-state index in [1.54, 1.807) is 70.0 Å². The summed E-state index contributed by atoms with van der Waals surface area (Å²) in [6.45, 7) is 0.196. The van der Waals surface area contributed by atoms with Crippen LogP contribution in [0.15, 0.2) is 80.3 Å². The van der Waals surface area contributed by atoms with Crippen molar-refractivity contribution in [1.29, 1.82) is 5.26 Å². The number of nitrogens with one attached hydrogen (secondary N) is 4. The number of nitrogens with zero attached hydrogens (tertiary/aromatic N) is 11. The third kappa shape index (κ3) is 32.0. The van der Waals surface area contributed by atoms with E-state index in [4.69, 9.17) is 110 Å². The maximum atomic E-state index is 10.8. The minimum atomic E-state index is -1.00. The average molecular weight is 1340 g/mol. The van der Waals surface area contributed by atoms with E-state index in [-0.39, 0.29) is 77.1 Å². The molecule has 10 rings (SSSR count). The van der Waals surface area contributed by atoms with Gasteiger partial charge in [0.1, 0.15) is 17.5 Å². The third-order valence-electron chi connectivity index (χ3n) is 10.5. The number of phenolic OH excluding ortho intramolecular Hbond substituents is 1. The van der Waals surface area contributed by atoms with E-state index in [2.05, 4.69) is 82.5 Å². The molecule has 87 heavy (non-hydrogen) atoms. The van der Waals surface area contributed by atoms with Crippen LogP contribution >= 0.6 is 70.4 Å². The monoisotopic (exact) mass is 1340 g/mol. The molecule has 6 aromatic rings. The molecule has 4 aromatic heterocycles. The second kappa shape index (κ2) is 44.7. The highest BCUT2D eigenvalue weighted by Gasteiger charge is 2.32. The maximum absolute atomic E-state index is 10.8. The van der Waals surface area contributed by atoms with Crippen LogP contribution in [0.25, 0.3) is 0 Å². The van der Waals surface area contributed by atoms with Crippen LogP contribution in [0.1, 0.15) is 88.0 Å². The molecular weight excluding hydrogens is 1270 g/mol. The lowest BCUT2D eigenvalue weighted by atomic mass is 10.2. The van der Waals surface area contributed by atoms with Crippen molar-refractivity contribution < 1.29 is 59.0 Å². The second-order valence-electron chi connectivity index (χ2n) is 17.1. The number of anilines is 6. The lowest BCUT2D eigenvalue weighted by molar-refractivity contribution is -0.145. The van der Waals surface area contributed by atoms with E-state index in [1.807, 2.05) is 18.2 Å². The van der Waals surface area contributed by atoms with Crippen LogP contribution in [0.2, 0.25) is 0 Å². The molecule has 4 aliphatic rings. The number of hydrogen-bond acceptors (Lipinski definition) is 27. The summed E-state index contributed by atoms with van der Waals surface area (Å²) < 4.78 is 41.9. The van der Waals surface area contributed by atoms with Crippen LogP contribution in [0, 0.1) is 23.2 Å². The highest BCUT2D eigenvalue weighted by Crippen LogP contribution is 2.40. The molecule has 2 aromatic carbocycles. The molecule has 0 atom stereocenters. The molecule has 4 fully saturated rings. The predicted octanol–water partition coefficient (Wildman–Crippen LogP) is 9.45. The van der Waals surface area contributed by atoms with Crippen molar-refractivity contribution in [3.8, 4) is 29.1 Å². The third-order valence-corrected chi connectivity index (χ3v) is 11.7. The van der Waals surface area contributed by atoms with E-state index < -0.39 is 7.15 Å². The number of carbonyl (C=O) groups excluding carboxylic acids is 2. The molecule has 13 N–H and O–H groups in total. The number of hydrogen-bond donors (Lipinski definition) is 10. The molecular formula is C51H69Cl6FN18O11. The van der Waals surface area contributed by atoms with E-state index in [1.165, 1.54) is 20.0 Å². The Morgan fingerprint density at radius 2 is 1.23 bits per heavy atom. The van der Waals surface area contributed by atoms with E-state index in [0.717, 1.165) is 55.9 Å². The number of phenols is 1. The van der Waals surface area contributed by atoms with E-state index in [9.17, 15) is 19.1 Å². The van der Waals surface area contributed by atoms with Gasteiger partial charge in [-0.2, -0.15) is 25.2 Å². The fourth-order valence-electron chi connectivity index (χ4n) is 5.65. The van der Waals surface area contributed by atoms with E-state index in [0.29, 0.717) is 75.9 Å². The fraction of sp³-hybridized carbons (Fsp3) is 0.431. The van der Waals surface area contributed by atoms with Crippen molar-refractivity contribution in [2.24, 2.45) is 39.5 Å². The molecule has 4 saturated carbocycles. The number of oxime groups is 2. The summed E-state index contributed by atoms with van der Waals surface area (Å²) in [6, 6.07) is 15.7. The number of halogens is 7. The van der Waals surface area contributed by atoms with Gasteiger partial charge < -0.3 is 76.3 Å². The van der Waals surface area contributed by atoms with Crippen molar-refractivity contribution in [3.63, 3.8) is 0 Å². The number of nitriles is 1. The molecule has 0 saturated heterocycles. The Kier molecular flexibility index (Phi) is 38.7. The topological polar surface area (TPSA) is 436 Å². The van der Waals surface area contributed by atoms with Gasteiger partial charge in [0.25, 0.3) is 0 Å². The standard InChI is InChI=1S/C18H20N6O3.C12H14N4O2.C6H9ClN2O2.C6H7ClN2O.C4H5ClO.C2H5ClN2O.C2H2ClN.CH3F.ClH.H3NO/c1-19-15-7-8-20-18(23-15)21-12-5-6-13(25-2)14(9-12)26-10-16-22-17(27-24-16)11-3-4-11;1-13-11-5-6-14-12(16-11)15-8-3-4-10(18-2)9(17)7-8;7-3-5(8)9-11-6(10)4-1-2-4;7-3-5-8-6(10-9-5)4-1-2-4;5-4(6)3-1-2-3;3-1-2(4)5-6;3-1-2-4;1-2;;1-2/h5-9,11H,3-4,10H2,1-2H3,(H2,19,20,21,23);3-7,17H,1-2H3,(H2,13,14,15,16);4H,1-3H2,(H2,8,9);4H,1-3H2;3H,1-2H2;6H,1H2,(H2,4,5);1H2;1H3;1H;2H,1H2/i;;;;;;;1D;;. The Morgan fingerprint density at radius 1 is 0.759 bits per heavy atom. The van der Waals surface area contributed by atoms with Gasteiger partial charge in [0.15, 0.2) is 47.1 Å². The van der Waals surface area contributed by atoms with Gasteiger partial charge >= 0.3 is 5.97 Å². The van der Waals surface area contributed by atoms with Gasteiger partial charge in [0.2, 0.25) is 34.7 Å². The number of methoxy groups -OCH3 is 2. The number of amidine groups is 2. The molecule has 29 nitrogen and oxygen atoms in total. The minimum Gasteiger partial charge on any atom is -0.504 e. The first-order chi connectivity index (χ1) is 42.0. The van der Waals surface area contributed by atoms with Gasteiger partial charge in [0, 0.05) is 67.8 Å².